The van der Waals surface area contributed by atoms with Crippen LogP contribution in [0.4, 0.5) is 0 Å². The van der Waals surface area contributed by atoms with Gasteiger partial charge in [0.1, 0.15) is 23.1 Å². The number of carbonyl (C=O) groups excluding carboxylic acids is 5. The molecule has 3 N–H and O–H groups in total. The number of aliphatic hydroxyl groups excluding tert-OH is 1. The summed E-state index contributed by atoms with van der Waals surface area (Å²) in [5.74, 6) is 0.938. The maximum absolute atomic E-state index is 12.8. The summed E-state index contributed by atoms with van der Waals surface area (Å²) in [6.45, 7) is 8.13. The van der Waals surface area contributed by atoms with E-state index in [1.165, 1.54) is 0 Å². The predicted octanol–water partition coefficient (Wildman–Crippen LogP) is 4.63. The SMILES string of the molecule is C[C@]12CCC(=O)C=C1C(O)C[C@@H]1[C@@H]2CC[C@]2(C)C(=O)CC[C@@]12O.C[C@]12CCC(=O)CC1C(=O)C[C@@H]1[C@@H]2CC[C@]2(C)C(=O)CC[C@@]12O. The third-order valence-electron chi connectivity index (χ3n) is 16.1. The molecule has 0 aromatic rings. The second kappa shape index (κ2) is 10.2. The molecule has 0 aliphatic heterocycles. The lowest BCUT2D eigenvalue weighted by Gasteiger charge is -2.61. The van der Waals surface area contributed by atoms with E-state index < -0.39 is 28.1 Å². The Balaban J connectivity index is 0.000000147. The molecule has 8 nitrogen and oxygen atoms in total. The van der Waals surface area contributed by atoms with Crippen molar-refractivity contribution in [1.29, 1.82) is 0 Å². The first-order valence-electron chi connectivity index (χ1n) is 17.9. The smallest absolute Gasteiger partial charge is 0.155 e. The Morgan fingerprint density at radius 2 is 1.24 bits per heavy atom. The largest absolute Gasteiger partial charge is 0.389 e. The highest BCUT2D eigenvalue weighted by Gasteiger charge is 2.70. The Labute approximate surface area is 272 Å². The highest BCUT2D eigenvalue weighted by Crippen LogP contribution is 2.67. The molecule has 7 fully saturated rings. The molecule has 0 bridgehead atoms. The van der Waals surface area contributed by atoms with Crippen LogP contribution in [-0.2, 0) is 24.0 Å². The molecule has 12 atom stereocenters. The van der Waals surface area contributed by atoms with Gasteiger partial charge in [0.2, 0.25) is 0 Å². The van der Waals surface area contributed by atoms with E-state index in [2.05, 4.69) is 13.8 Å². The van der Waals surface area contributed by atoms with Gasteiger partial charge in [0.25, 0.3) is 0 Å². The molecular weight excluding hydrogens is 584 g/mol. The van der Waals surface area contributed by atoms with Crippen molar-refractivity contribution in [2.45, 2.75) is 141 Å². The quantitative estimate of drug-likeness (QED) is 0.349. The Hall–Kier alpha value is -2.03. The fourth-order valence-electron chi connectivity index (χ4n) is 12.9. The molecule has 46 heavy (non-hydrogen) atoms. The molecule has 8 aliphatic carbocycles. The van der Waals surface area contributed by atoms with E-state index in [0.29, 0.717) is 64.2 Å². The van der Waals surface area contributed by atoms with Gasteiger partial charge in [-0.15, -0.1) is 0 Å². The number of aliphatic hydroxyl groups is 3. The van der Waals surface area contributed by atoms with Gasteiger partial charge in [-0.25, -0.2) is 0 Å². The fraction of sp³-hybridized carbons (Fsp3) is 0.816. The molecule has 0 amide bonds. The van der Waals surface area contributed by atoms with E-state index in [9.17, 15) is 39.3 Å². The Morgan fingerprint density at radius 3 is 1.87 bits per heavy atom. The number of hydrogen-bond donors (Lipinski definition) is 3. The first-order chi connectivity index (χ1) is 21.4. The van der Waals surface area contributed by atoms with E-state index in [1.807, 2.05) is 13.8 Å². The Bertz CT molecular complexity index is 1450. The van der Waals surface area contributed by atoms with Crippen LogP contribution in [0.25, 0.3) is 0 Å². The molecular formula is C38H52O8. The monoisotopic (exact) mass is 636 g/mol. The van der Waals surface area contributed by atoms with Gasteiger partial charge in [0.15, 0.2) is 5.78 Å². The summed E-state index contributed by atoms with van der Waals surface area (Å²) in [5, 5.41) is 33.7. The maximum Gasteiger partial charge on any atom is 0.155 e. The van der Waals surface area contributed by atoms with Crippen molar-refractivity contribution in [3.8, 4) is 0 Å². The summed E-state index contributed by atoms with van der Waals surface area (Å²) in [6, 6.07) is 0. The number of rotatable bonds is 0. The first kappa shape index (κ1) is 32.5. The van der Waals surface area contributed by atoms with Crippen LogP contribution >= 0.6 is 0 Å². The average Bonchev–Trinajstić information content (AvgIpc) is 3.40. The summed E-state index contributed by atoms with van der Waals surface area (Å²) in [7, 11) is 0. The van der Waals surface area contributed by atoms with Gasteiger partial charge in [-0.3, -0.25) is 24.0 Å². The minimum atomic E-state index is -1.03. The lowest BCUT2D eigenvalue weighted by molar-refractivity contribution is -0.198. The van der Waals surface area contributed by atoms with E-state index in [-0.39, 0.29) is 69.3 Å². The minimum Gasteiger partial charge on any atom is -0.389 e. The van der Waals surface area contributed by atoms with Crippen molar-refractivity contribution in [2.24, 2.45) is 51.2 Å². The van der Waals surface area contributed by atoms with Crippen molar-refractivity contribution in [3.63, 3.8) is 0 Å². The van der Waals surface area contributed by atoms with Crippen LogP contribution in [-0.4, -0.2) is 61.5 Å². The van der Waals surface area contributed by atoms with E-state index >= 15 is 0 Å². The summed E-state index contributed by atoms with van der Waals surface area (Å²) >= 11 is 0. The lowest BCUT2D eigenvalue weighted by Crippen LogP contribution is -2.64. The molecule has 0 radical (unpaired) electrons. The van der Waals surface area contributed by atoms with Crippen molar-refractivity contribution >= 4 is 28.9 Å². The van der Waals surface area contributed by atoms with Crippen molar-refractivity contribution < 1.29 is 39.3 Å². The average molecular weight is 637 g/mol. The summed E-state index contributed by atoms with van der Waals surface area (Å²) in [6.07, 6.45) is 9.87. The van der Waals surface area contributed by atoms with Crippen LogP contribution < -0.4 is 0 Å². The number of hydrogen-bond acceptors (Lipinski definition) is 8. The van der Waals surface area contributed by atoms with Crippen molar-refractivity contribution in [2.75, 3.05) is 0 Å². The summed E-state index contributed by atoms with van der Waals surface area (Å²) in [4.78, 5) is 61.3. The first-order valence-corrected chi connectivity index (χ1v) is 17.9. The molecule has 0 aromatic heterocycles. The standard InChI is InChI=1S/2C19H26O4/c2*1-17-6-3-11(20)9-14(17)15(21)10-13-12(17)4-7-18(2)16(22)5-8-19(13,18)23/h12-14,23H,3-10H2,1-2H3;9,12-13,15,21,23H,3-8,10H2,1-2H3/t12-,13+,14?,17+,18+,19+;12-,13+,15?,17+,18+,19+/m00/s1. The highest BCUT2D eigenvalue weighted by atomic mass is 16.3. The molecule has 0 aromatic carbocycles. The maximum atomic E-state index is 12.8. The van der Waals surface area contributed by atoms with Crippen LogP contribution in [0.5, 0.6) is 0 Å². The van der Waals surface area contributed by atoms with E-state index in [0.717, 1.165) is 37.7 Å². The van der Waals surface area contributed by atoms with Crippen LogP contribution in [0.3, 0.4) is 0 Å². The number of ketones is 5. The molecule has 0 saturated heterocycles. The molecule has 0 heterocycles. The number of fused-ring (bicyclic) bond motifs is 10. The zero-order valence-electron chi connectivity index (χ0n) is 28.0. The summed E-state index contributed by atoms with van der Waals surface area (Å²) in [5.41, 5.74) is -2.90. The minimum absolute atomic E-state index is 0.0574. The molecule has 7 saturated carbocycles. The van der Waals surface area contributed by atoms with Gasteiger partial charge in [-0.05, 0) is 118 Å². The zero-order valence-corrected chi connectivity index (χ0v) is 28.0. The molecule has 8 heteroatoms. The highest BCUT2D eigenvalue weighted by molar-refractivity contribution is 5.93. The second-order valence-corrected chi connectivity index (χ2v) is 17.6. The molecule has 8 aliphatic rings. The van der Waals surface area contributed by atoms with Crippen LogP contribution in [0.15, 0.2) is 11.6 Å². The van der Waals surface area contributed by atoms with Crippen LogP contribution in [0.2, 0.25) is 0 Å². The zero-order chi connectivity index (χ0) is 33.2. The van der Waals surface area contributed by atoms with Gasteiger partial charge in [-0.1, -0.05) is 13.8 Å². The third-order valence-corrected chi connectivity index (χ3v) is 16.1. The molecule has 252 valence electrons. The van der Waals surface area contributed by atoms with E-state index in [1.54, 1.807) is 6.08 Å². The Kier molecular flexibility index (Phi) is 7.24. The summed E-state index contributed by atoms with van der Waals surface area (Å²) < 4.78 is 0. The second-order valence-electron chi connectivity index (χ2n) is 17.6. The van der Waals surface area contributed by atoms with Crippen molar-refractivity contribution in [1.82, 2.24) is 0 Å². The number of carbonyl (C=O) groups is 5. The lowest BCUT2D eigenvalue weighted by atomic mass is 9.43. The van der Waals surface area contributed by atoms with Gasteiger partial charge >= 0.3 is 0 Å². The van der Waals surface area contributed by atoms with Crippen molar-refractivity contribution in [3.05, 3.63) is 11.6 Å². The topological polar surface area (TPSA) is 146 Å². The van der Waals surface area contributed by atoms with Crippen LogP contribution in [0, 0.1) is 51.2 Å². The fourth-order valence-corrected chi connectivity index (χ4v) is 12.9. The molecule has 8 rings (SSSR count). The van der Waals surface area contributed by atoms with Gasteiger partial charge < -0.3 is 15.3 Å². The Morgan fingerprint density at radius 1 is 0.652 bits per heavy atom. The normalized spacial score (nSPS) is 52.7. The molecule has 0 spiro atoms. The predicted molar refractivity (Wildman–Crippen MR) is 168 cm³/mol. The van der Waals surface area contributed by atoms with Gasteiger partial charge in [0, 0.05) is 44.4 Å². The van der Waals surface area contributed by atoms with Gasteiger partial charge in [0.05, 0.1) is 28.1 Å². The molecule has 2 unspecified atom stereocenters. The van der Waals surface area contributed by atoms with E-state index in [4.69, 9.17) is 0 Å². The van der Waals surface area contributed by atoms with Gasteiger partial charge in [-0.2, -0.15) is 0 Å². The third kappa shape index (κ3) is 4.05. The van der Waals surface area contributed by atoms with Crippen LogP contribution in [0.1, 0.15) is 124 Å². The number of Topliss-reactive ketones (excluding diaryl/α,β-unsaturated/α-hetero) is 4.